The molecular formula is C18H20N2O7S3. The molecule has 3 N–H and O–H groups in total. The molecule has 2 heterocycles. The van der Waals surface area contributed by atoms with Crippen molar-refractivity contribution in [1.82, 2.24) is 5.32 Å². The first-order chi connectivity index (χ1) is 13.9. The number of methoxy groups -OCH3 is 1. The van der Waals surface area contributed by atoms with E-state index in [1.54, 1.807) is 30.3 Å². The second kappa shape index (κ2) is 7.76. The van der Waals surface area contributed by atoms with E-state index in [1.165, 1.54) is 20.1 Å². The Bertz CT molecular complexity index is 1200. The number of hydrogen-bond donors (Lipinski definition) is 2. The van der Waals surface area contributed by atoms with Gasteiger partial charge in [-0.25, -0.2) is 22.0 Å². The van der Waals surface area contributed by atoms with E-state index in [2.05, 4.69) is 5.32 Å². The van der Waals surface area contributed by atoms with E-state index in [0.29, 0.717) is 16.9 Å². The summed E-state index contributed by atoms with van der Waals surface area (Å²) < 4.78 is 51.6. The predicted molar refractivity (Wildman–Crippen MR) is 109 cm³/mol. The van der Waals surface area contributed by atoms with Gasteiger partial charge in [-0.1, -0.05) is 30.3 Å². The third-order valence-electron chi connectivity index (χ3n) is 5.03. The number of nitrogens with one attached hydrogen (secondary N) is 1. The molecule has 1 aliphatic heterocycles. The number of rotatable bonds is 6. The summed E-state index contributed by atoms with van der Waals surface area (Å²) in [5.74, 6) is -2.17. The highest BCUT2D eigenvalue weighted by molar-refractivity contribution is 7.97. The van der Waals surface area contributed by atoms with Gasteiger partial charge in [0.05, 0.1) is 13.0 Å². The van der Waals surface area contributed by atoms with Crippen LogP contribution in [0.5, 0.6) is 0 Å². The van der Waals surface area contributed by atoms with Crippen molar-refractivity contribution < 1.29 is 31.2 Å². The van der Waals surface area contributed by atoms with E-state index in [1.807, 2.05) is 0 Å². The van der Waals surface area contributed by atoms with Gasteiger partial charge in [-0.15, -0.1) is 11.3 Å². The Hall–Kier alpha value is -2.28. The Morgan fingerprint density at radius 3 is 2.47 bits per heavy atom. The molecule has 3 rings (SSSR count). The molecule has 2 aromatic rings. The van der Waals surface area contributed by atoms with Crippen molar-refractivity contribution in [2.45, 2.75) is 32.4 Å². The van der Waals surface area contributed by atoms with Crippen LogP contribution in [0.4, 0.5) is 0 Å². The number of carbonyl (C=O) groups is 2. The van der Waals surface area contributed by atoms with Gasteiger partial charge < -0.3 is 10.1 Å². The van der Waals surface area contributed by atoms with Gasteiger partial charge in [0.15, 0.2) is 4.75 Å². The topological polar surface area (TPSA) is 150 Å². The van der Waals surface area contributed by atoms with Crippen LogP contribution >= 0.6 is 11.3 Å². The van der Waals surface area contributed by atoms with Crippen molar-refractivity contribution >= 4 is 43.1 Å². The van der Waals surface area contributed by atoms with Crippen LogP contribution in [-0.2, 0) is 40.6 Å². The summed E-state index contributed by atoms with van der Waals surface area (Å²) in [4.78, 5) is 25.1. The van der Waals surface area contributed by atoms with Gasteiger partial charge >= 0.3 is 5.97 Å². The molecular weight excluding hydrogens is 452 g/mol. The standard InChI is InChI=1S/C18H20N2O7S3/c1-18(9-12-8-14(30(19,25)26)28-16(12)29(18,23)24)17(22)20-10-13(15(21)27-2)11-6-4-3-5-7-11/h3-8,13H,9-10H2,1-2H3,(H,20,22)(H2,19,25,26)/t13-,18?/m0/s1. The molecule has 12 heteroatoms. The Kier molecular flexibility index (Phi) is 5.80. The Morgan fingerprint density at radius 1 is 1.30 bits per heavy atom. The van der Waals surface area contributed by atoms with Crippen LogP contribution in [0.2, 0.25) is 0 Å². The lowest BCUT2D eigenvalue weighted by molar-refractivity contribution is -0.142. The van der Waals surface area contributed by atoms with Gasteiger partial charge in [-0.05, 0) is 24.1 Å². The van der Waals surface area contributed by atoms with E-state index in [0.717, 1.165) is 0 Å². The fourth-order valence-corrected chi connectivity index (χ4v) is 7.92. The van der Waals surface area contributed by atoms with Gasteiger partial charge in [0.1, 0.15) is 8.42 Å². The SMILES string of the molecule is COC(=O)[C@@H](CNC(=O)C1(C)Cc2cc(S(N)(=O)=O)sc2S1(=O)=O)c1ccccc1. The van der Waals surface area contributed by atoms with Crippen molar-refractivity contribution in [2.75, 3.05) is 13.7 Å². The maximum absolute atomic E-state index is 13.0. The van der Waals surface area contributed by atoms with E-state index in [4.69, 9.17) is 9.88 Å². The molecule has 2 atom stereocenters. The lowest BCUT2D eigenvalue weighted by atomic mass is 9.98. The van der Waals surface area contributed by atoms with Crippen molar-refractivity contribution in [1.29, 1.82) is 0 Å². The lowest BCUT2D eigenvalue weighted by Gasteiger charge is -2.24. The van der Waals surface area contributed by atoms with Gasteiger partial charge in [-0.3, -0.25) is 9.59 Å². The number of nitrogens with two attached hydrogens (primary N) is 1. The second-order valence-electron chi connectivity index (χ2n) is 7.03. The van der Waals surface area contributed by atoms with Crippen molar-refractivity contribution in [3.8, 4) is 0 Å². The summed E-state index contributed by atoms with van der Waals surface area (Å²) in [5.41, 5.74) is 0.843. The Balaban J connectivity index is 1.84. The van der Waals surface area contributed by atoms with Gasteiger partial charge in [0.2, 0.25) is 25.8 Å². The normalized spacial score (nSPS) is 20.9. The molecule has 1 aliphatic rings. The number of sulfone groups is 1. The summed E-state index contributed by atoms with van der Waals surface area (Å²) in [6, 6.07) is 9.83. The number of esters is 1. The number of hydrogen-bond acceptors (Lipinski definition) is 8. The third kappa shape index (κ3) is 3.75. The summed E-state index contributed by atoms with van der Waals surface area (Å²) in [6.45, 7) is 1.12. The highest BCUT2D eigenvalue weighted by atomic mass is 32.3. The fourth-order valence-electron chi connectivity index (χ4n) is 3.29. The van der Waals surface area contributed by atoms with Gasteiger partial charge in [0.25, 0.3) is 0 Å². The second-order valence-corrected chi connectivity index (χ2v) is 12.4. The monoisotopic (exact) mass is 472 g/mol. The number of fused-ring (bicyclic) bond motifs is 1. The fraction of sp³-hybridized carbons (Fsp3) is 0.333. The smallest absolute Gasteiger partial charge is 0.314 e. The quantitative estimate of drug-likeness (QED) is 0.583. The molecule has 0 fully saturated rings. The molecule has 0 spiro atoms. The molecule has 162 valence electrons. The minimum atomic E-state index is -4.15. The molecule has 1 unspecified atom stereocenters. The van der Waals surface area contributed by atoms with Crippen LogP contribution in [-0.4, -0.2) is 47.1 Å². The maximum Gasteiger partial charge on any atom is 0.314 e. The first-order valence-corrected chi connectivity index (χ1v) is 12.6. The van der Waals surface area contributed by atoms with E-state index >= 15 is 0 Å². The van der Waals surface area contributed by atoms with Gasteiger partial charge in [0, 0.05) is 13.0 Å². The highest BCUT2D eigenvalue weighted by Crippen LogP contribution is 2.45. The van der Waals surface area contributed by atoms with E-state index in [9.17, 15) is 26.4 Å². The molecule has 1 aromatic carbocycles. The number of benzene rings is 1. The van der Waals surface area contributed by atoms with Crippen molar-refractivity contribution in [3.05, 3.63) is 47.5 Å². The average molecular weight is 473 g/mol. The number of carbonyl (C=O) groups excluding carboxylic acids is 2. The van der Waals surface area contributed by atoms with Crippen LogP contribution < -0.4 is 10.5 Å². The Labute approximate surface area is 178 Å². The Morgan fingerprint density at radius 2 is 1.93 bits per heavy atom. The molecule has 0 saturated carbocycles. The zero-order valence-corrected chi connectivity index (χ0v) is 18.6. The number of ether oxygens (including phenoxy) is 1. The van der Waals surface area contributed by atoms with E-state index in [-0.39, 0.29) is 26.9 Å². The molecule has 0 saturated heterocycles. The first-order valence-electron chi connectivity index (χ1n) is 8.73. The molecule has 1 amide bonds. The summed E-state index contributed by atoms with van der Waals surface area (Å²) in [5, 5.41) is 7.62. The minimum absolute atomic E-state index is 0.156. The highest BCUT2D eigenvalue weighted by Gasteiger charge is 2.54. The number of sulfonamides is 1. The average Bonchev–Trinajstić information content (AvgIpc) is 3.20. The van der Waals surface area contributed by atoms with Crippen LogP contribution in [0.15, 0.2) is 44.8 Å². The molecule has 30 heavy (non-hydrogen) atoms. The van der Waals surface area contributed by atoms with Crippen LogP contribution in [0.1, 0.15) is 24.0 Å². The van der Waals surface area contributed by atoms with Gasteiger partial charge in [-0.2, -0.15) is 0 Å². The zero-order valence-electron chi connectivity index (χ0n) is 16.1. The number of thiophene rings is 1. The van der Waals surface area contributed by atoms with Crippen LogP contribution in [0.3, 0.4) is 0 Å². The number of amides is 1. The molecule has 9 nitrogen and oxygen atoms in total. The van der Waals surface area contributed by atoms with Crippen LogP contribution in [0.25, 0.3) is 0 Å². The van der Waals surface area contributed by atoms with E-state index < -0.39 is 42.4 Å². The molecule has 0 aliphatic carbocycles. The third-order valence-corrected chi connectivity index (χ3v) is 10.6. The summed E-state index contributed by atoms with van der Waals surface area (Å²) in [6.07, 6.45) is -0.198. The molecule has 0 radical (unpaired) electrons. The summed E-state index contributed by atoms with van der Waals surface area (Å²) in [7, 11) is -6.98. The minimum Gasteiger partial charge on any atom is -0.468 e. The summed E-state index contributed by atoms with van der Waals surface area (Å²) >= 11 is 0.530. The largest absolute Gasteiger partial charge is 0.468 e. The maximum atomic E-state index is 13.0. The number of primary sulfonamides is 1. The first kappa shape index (κ1) is 22.4. The van der Waals surface area contributed by atoms with Crippen molar-refractivity contribution in [3.63, 3.8) is 0 Å². The molecule has 1 aromatic heterocycles. The molecule has 0 bridgehead atoms. The van der Waals surface area contributed by atoms with Crippen LogP contribution in [0, 0.1) is 0 Å². The predicted octanol–water partition coefficient (Wildman–Crippen LogP) is 0.557. The lowest BCUT2D eigenvalue weighted by Crippen LogP contribution is -2.50. The zero-order chi connectivity index (χ0) is 22.3. The van der Waals surface area contributed by atoms with Crippen molar-refractivity contribution in [2.24, 2.45) is 5.14 Å².